The number of hydrogen-bond donors (Lipinski definition) is 1. The maximum absolute atomic E-state index is 5.72. The predicted octanol–water partition coefficient (Wildman–Crippen LogP) is 1.97. The van der Waals surface area contributed by atoms with Crippen LogP contribution >= 0.6 is 11.6 Å². The van der Waals surface area contributed by atoms with Crippen molar-refractivity contribution in [3.8, 4) is 11.4 Å². The van der Waals surface area contributed by atoms with Crippen LogP contribution in [0.4, 0.5) is 6.01 Å². The molecule has 1 aromatic heterocycles. The quantitative estimate of drug-likeness (QED) is 0.756. The zero-order chi connectivity index (χ0) is 9.26. The topological polar surface area (TPSA) is 64.9 Å². The second-order valence-corrected chi connectivity index (χ2v) is 2.90. The number of nitrogen functional groups attached to an aromatic ring is 1. The molecule has 4 nitrogen and oxygen atoms in total. The average Bonchev–Trinajstić information content (AvgIpc) is 2.53. The zero-order valence-electron chi connectivity index (χ0n) is 6.57. The van der Waals surface area contributed by atoms with Gasteiger partial charge in [-0.15, -0.1) is 0 Å². The van der Waals surface area contributed by atoms with Crippen LogP contribution in [0.15, 0.2) is 28.8 Å². The van der Waals surface area contributed by atoms with Crippen molar-refractivity contribution in [3.63, 3.8) is 0 Å². The molecule has 0 fully saturated rings. The van der Waals surface area contributed by atoms with Crippen molar-refractivity contribution < 1.29 is 4.52 Å². The van der Waals surface area contributed by atoms with Crippen molar-refractivity contribution in [2.75, 3.05) is 5.73 Å². The van der Waals surface area contributed by atoms with E-state index in [1.807, 2.05) is 0 Å². The van der Waals surface area contributed by atoms with E-state index in [2.05, 4.69) is 14.7 Å². The molecule has 66 valence electrons. The zero-order valence-corrected chi connectivity index (χ0v) is 7.32. The first-order valence-electron chi connectivity index (χ1n) is 3.61. The van der Waals surface area contributed by atoms with Crippen LogP contribution < -0.4 is 5.73 Å². The van der Waals surface area contributed by atoms with Gasteiger partial charge < -0.3 is 10.3 Å². The largest absolute Gasteiger partial charge is 0.351 e. The average molecular weight is 196 g/mol. The van der Waals surface area contributed by atoms with E-state index in [1.165, 1.54) is 0 Å². The molecule has 2 aromatic rings. The summed E-state index contributed by atoms with van der Waals surface area (Å²) in [4.78, 5) is 3.87. The van der Waals surface area contributed by atoms with Crippen LogP contribution in [0.25, 0.3) is 11.4 Å². The Morgan fingerprint density at radius 1 is 1.23 bits per heavy atom. The van der Waals surface area contributed by atoms with Crippen LogP contribution in [0.2, 0.25) is 5.02 Å². The third-order valence-electron chi connectivity index (χ3n) is 1.54. The number of hydrogen-bond acceptors (Lipinski definition) is 4. The SMILES string of the molecule is Nc1nc(-c2ccc(Cl)cc2)no1. The van der Waals surface area contributed by atoms with E-state index >= 15 is 0 Å². The first kappa shape index (κ1) is 8.07. The van der Waals surface area contributed by atoms with E-state index < -0.39 is 0 Å². The second-order valence-electron chi connectivity index (χ2n) is 2.46. The van der Waals surface area contributed by atoms with Gasteiger partial charge in [0.05, 0.1) is 0 Å². The van der Waals surface area contributed by atoms with Gasteiger partial charge in [0.25, 0.3) is 0 Å². The molecule has 0 spiro atoms. The highest BCUT2D eigenvalue weighted by Gasteiger charge is 2.04. The number of halogens is 1. The number of rotatable bonds is 1. The molecular weight excluding hydrogens is 190 g/mol. The van der Waals surface area contributed by atoms with E-state index in [1.54, 1.807) is 24.3 Å². The Labute approximate surface area is 79.3 Å². The molecule has 0 saturated heterocycles. The smallest absolute Gasteiger partial charge is 0.319 e. The molecule has 0 amide bonds. The molecule has 0 unspecified atom stereocenters. The molecule has 0 radical (unpaired) electrons. The summed E-state index contributed by atoms with van der Waals surface area (Å²) in [5.74, 6) is 0.467. The van der Waals surface area contributed by atoms with Gasteiger partial charge in [0.2, 0.25) is 5.82 Å². The molecule has 0 aliphatic carbocycles. The van der Waals surface area contributed by atoms with E-state index in [0.29, 0.717) is 10.8 Å². The second kappa shape index (κ2) is 3.06. The molecule has 0 aliphatic heterocycles. The Bertz CT molecular complexity index is 410. The van der Waals surface area contributed by atoms with Crippen molar-refractivity contribution in [1.29, 1.82) is 0 Å². The van der Waals surface area contributed by atoms with Crippen LogP contribution in [0.5, 0.6) is 0 Å². The van der Waals surface area contributed by atoms with Gasteiger partial charge in [-0.25, -0.2) is 0 Å². The summed E-state index contributed by atoms with van der Waals surface area (Å²) in [6, 6.07) is 7.16. The highest BCUT2D eigenvalue weighted by Crippen LogP contribution is 2.18. The van der Waals surface area contributed by atoms with Gasteiger partial charge in [-0.3, -0.25) is 0 Å². The first-order valence-corrected chi connectivity index (χ1v) is 3.98. The van der Waals surface area contributed by atoms with Crippen LogP contribution in [0.3, 0.4) is 0 Å². The van der Waals surface area contributed by atoms with Crippen molar-refractivity contribution in [3.05, 3.63) is 29.3 Å². The third kappa shape index (κ3) is 1.62. The molecule has 2 rings (SSSR count). The summed E-state index contributed by atoms with van der Waals surface area (Å²) in [6.45, 7) is 0. The summed E-state index contributed by atoms with van der Waals surface area (Å²) in [5.41, 5.74) is 6.10. The molecule has 1 heterocycles. The van der Waals surface area contributed by atoms with Gasteiger partial charge in [0, 0.05) is 10.6 Å². The van der Waals surface area contributed by atoms with Crippen LogP contribution in [0, 0.1) is 0 Å². The van der Waals surface area contributed by atoms with Crippen molar-refractivity contribution >= 4 is 17.6 Å². The monoisotopic (exact) mass is 195 g/mol. The molecule has 5 heteroatoms. The van der Waals surface area contributed by atoms with Gasteiger partial charge in [-0.1, -0.05) is 16.8 Å². The lowest BCUT2D eigenvalue weighted by Gasteiger charge is -1.92. The Morgan fingerprint density at radius 2 is 1.92 bits per heavy atom. The standard InChI is InChI=1S/C8H6ClN3O/c9-6-3-1-5(2-4-6)7-11-8(10)13-12-7/h1-4H,(H2,10,11,12). The Balaban J connectivity index is 2.41. The first-order chi connectivity index (χ1) is 6.25. The molecule has 13 heavy (non-hydrogen) atoms. The van der Waals surface area contributed by atoms with Crippen LogP contribution in [0.1, 0.15) is 0 Å². The third-order valence-corrected chi connectivity index (χ3v) is 1.80. The Hall–Kier alpha value is -1.55. The summed E-state index contributed by atoms with van der Waals surface area (Å²) in [7, 11) is 0. The maximum Gasteiger partial charge on any atom is 0.319 e. The fraction of sp³-hybridized carbons (Fsp3) is 0. The van der Waals surface area contributed by atoms with Gasteiger partial charge >= 0.3 is 6.01 Å². The van der Waals surface area contributed by atoms with Crippen LogP contribution in [-0.2, 0) is 0 Å². The molecular formula is C8H6ClN3O. The molecule has 1 aromatic carbocycles. The van der Waals surface area contributed by atoms with Gasteiger partial charge in [0.15, 0.2) is 0 Å². The van der Waals surface area contributed by atoms with Gasteiger partial charge in [-0.05, 0) is 24.3 Å². The van der Waals surface area contributed by atoms with Crippen molar-refractivity contribution in [2.24, 2.45) is 0 Å². The lowest BCUT2D eigenvalue weighted by atomic mass is 10.2. The summed E-state index contributed by atoms with van der Waals surface area (Å²) in [5, 5.41) is 4.33. The molecule has 2 N–H and O–H groups in total. The minimum Gasteiger partial charge on any atom is -0.351 e. The van der Waals surface area contributed by atoms with Crippen molar-refractivity contribution in [1.82, 2.24) is 10.1 Å². The fourth-order valence-electron chi connectivity index (χ4n) is 0.951. The normalized spacial score (nSPS) is 10.2. The number of aromatic nitrogens is 2. The van der Waals surface area contributed by atoms with E-state index in [0.717, 1.165) is 5.56 Å². The van der Waals surface area contributed by atoms with Gasteiger partial charge in [-0.2, -0.15) is 4.98 Å². The molecule has 0 aliphatic rings. The number of nitrogens with two attached hydrogens (primary N) is 1. The van der Waals surface area contributed by atoms with Crippen LogP contribution in [-0.4, -0.2) is 10.1 Å². The summed E-state index contributed by atoms with van der Waals surface area (Å²) >= 11 is 5.72. The Kier molecular flexibility index (Phi) is 1.90. The summed E-state index contributed by atoms with van der Waals surface area (Å²) < 4.78 is 4.63. The molecule has 0 atom stereocenters. The number of anilines is 1. The lowest BCUT2D eigenvalue weighted by molar-refractivity contribution is 0.437. The molecule has 0 bridgehead atoms. The summed E-state index contributed by atoms with van der Waals surface area (Å²) in [6.07, 6.45) is 0. The minimum atomic E-state index is 0.0601. The number of nitrogens with zero attached hydrogens (tertiary/aromatic N) is 2. The maximum atomic E-state index is 5.72. The highest BCUT2D eigenvalue weighted by molar-refractivity contribution is 6.30. The fourth-order valence-corrected chi connectivity index (χ4v) is 1.08. The van der Waals surface area contributed by atoms with E-state index in [9.17, 15) is 0 Å². The number of benzene rings is 1. The van der Waals surface area contributed by atoms with E-state index in [4.69, 9.17) is 17.3 Å². The van der Waals surface area contributed by atoms with E-state index in [-0.39, 0.29) is 6.01 Å². The predicted molar refractivity (Wildman–Crippen MR) is 49.2 cm³/mol. The minimum absolute atomic E-state index is 0.0601. The van der Waals surface area contributed by atoms with Crippen molar-refractivity contribution in [2.45, 2.75) is 0 Å². The van der Waals surface area contributed by atoms with Gasteiger partial charge in [0.1, 0.15) is 0 Å². The highest BCUT2D eigenvalue weighted by atomic mass is 35.5. The molecule has 0 saturated carbocycles. The lowest BCUT2D eigenvalue weighted by Crippen LogP contribution is -1.83. The Morgan fingerprint density at radius 3 is 2.46 bits per heavy atom.